The third-order valence-corrected chi connectivity index (χ3v) is 5.12. The van der Waals surface area contributed by atoms with Gasteiger partial charge in [-0.1, -0.05) is 19.1 Å². The van der Waals surface area contributed by atoms with Crippen molar-refractivity contribution in [3.63, 3.8) is 0 Å². The Hall–Kier alpha value is -1.72. The zero-order chi connectivity index (χ0) is 14.8. The van der Waals surface area contributed by atoms with Crippen LogP contribution in [0.15, 0.2) is 47.1 Å². The summed E-state index contributed by atoms with van der Waals surface area (Å²) >= 11 is 5.20. The van der Waals surface area contributed by atoms with E-state index in [2.05, 4.69) is 34.0 Å². The number of hydrogen-bond donors (Lipinski definition) is 0. The second-order valence-electron chi connectivity index (χ2n) is 4.57. The van der Waals surface area contributed by atoms with Crippen LogP contribution in [0.5, 0.6) is 0 Å². The summed E-state index contributed by atoms with van der Waals surface area (Å²) in [5, 5.41) is 4.60. The van der Waals surface area contributed by atoms with Gasteiger partial charge in [-0.2, -0.15) is 5.10 Å². The molecule has 0 radical (unpaired) electrons. The smallest absolute Gasteiger partial charge is 0.153 e. The molecule has 1 aromatic carbocycles. The Labute approximate surface area is 135 Å². The molecular weight excluding hydrogens is 348 g/mol. The van der Waals surface area contributed by atoms with Crippen LogP contribution in [0.1, 0.15) is 22.2 Å². The number of hydrogen-bond acceptors (Lipinski definition) is 3. The van der Waals surface area contributed by atoms with E-state index in [0.717, 1.165) is 33.4 Å². The molecule has 0 spiro atoms. The van der Waals surface area contributed by atoms with E-state index in [1.807, 2.05) is 30.3 Å². The number of benzene rings is 1. The lowest BCUT2D eigenvalue weighted by Crippen LogP contribution is -1.95. The van der Waals surface area contributed by atoms with Crippen molar-refractivity contribution in [1.29, 1.82) is 0 Å². The molecular formula is C16H13BrN2OS. The zero-order valence-corrected chi connectivity index (χ0v) is 13.8. The maximum Gasteiger partial charge on any atom is 0.153 e. The van der Waals surface area contributed by atoms with E-state index in [4.69, 9.17) is 0 Å². The van der Waals surface area contributed by atoms with Crippen molar-refractivity contribution in [2.75, 3.05) is 0 Å². The van der Waals surface area contributed by atoms with Gasteiger partial charge in [0.25, 0.3) is 0 Å². The number of carbonyl (C=O) groups is 1. The molecule has 0 bridgehead atoms. The van der Waals surface area contributed by atoms with Crippen LogP contribution in [0.3, 0.4) is 0 Å². The molecule has 0 saturated carbocycles. The number of halogens is 1. The summed E-state index contributed by atoms with van der Waals surface area (Å²) in [6, 6.07) is 11.9. The van der Waals surface area contributed by atoms with Gasteiger partial charge in [0.2, 0.25) is 0 Å². The van der Waals surface area contributed by atoms with Gasteiger partial charge in [-0.15, -0.1) is 11.3 Å². The standard InChI is InChI=1S/C16H13BrN2OS/c1-2-12-7-8-15(21-12)16-11(10-20)9-19(18-16)14-6-4-3-5-13(14)17/h3-10H,2H2,1H3. The van der Waals surface area contributed by atoms with E-state index in [1.165, 1.54) is 4.88 Å². The highest BCUT2D eigenvalue weighted by atomic mass is 79.9. The lowest BCUT2D eigenvalue weighted by atomic mass is 10.2. The first-order valence-electron chi connectivity index (χ1n) is 6.61. The predicted octanol–water partition coefficient (Wildman–Crippen LogP) is 4.74. The molecule has 0 atom stereocenters. The van der Waals surface area contributed by atoms with Gasteiger partial charge in [0.15, 0.2) is 6.29 Å². The van der Waals surface area contributed by atoms with E-state index in [1.54, 1.807) is 22.2 Å². The minimum atomic E-state index is 0.607. The molecule has 0 saturated heterocycles. The molecule has 0 aliphatic carbocycles. The molecule has 5 heteroatoms. The maximum absolute atomic E-state index is 11.3. The monoisotopic (exact) mass is 360 g/mol. The second kappa shape index (κ2) is 5.95. The van der Waals surface area contributed by atoms with Crippen LogP contribution in [-0.2, 0) is 6.42 Å². The summed E-state index contributed by atoms with van der Waals surface area (Å²) in [7, 11) is 0. The fraction of sp³-hybridized carbons (Fsp3) is 0.125. The lowest BCUT2D eigenvalue weighted by molar-refractivity contribution is 0.112. The van der Waals surface area contributed by atoms with Gasteiger partial charge in [-0.3, -0.25) is 4.79 Å². The summed E-state index contributed by atoms with van der Waals surface area (Å²) in [5.74, 6) is 0. The van der Waals surface area contributed by atoms with Crippen molar-refractivity contribution in [3.05, 3.63) is 57.5 Å². The summed E-state index contributed by atoms with van der Waals surface area (Å²) in [5.41, 5.74) is 2.26. The number of aromatic nitrogens is 2. The molecule has 0 aliphatic heterocycles. The minimum Gasteiger partial charge on any atom is -0.298 e. The average molecular weight is 361 g/mol. The van der Waals surface area contributed by atoms with Gasteiger partial charge in [0, 0.05) is 15.5 Å². The van der Waals surface area contributed by atoms with Gasteiger partial charge in [0.1, 0.15) is 5.69 Å². The van der Waals surface area contributed by atoms with Crippen molar-refractivity contribution >= 4 is 33.6 Å². The SMILES string of the molecule is CCc1ccc(-c2nn(-c3ccccc3Br)cc2C=O)s1. The second-order valence-corrected chi connectivity index (χ2v) is 6.59. The number of nitrogens with zero attached hydrogens (tertiary/aromatic N) is 2. The van der Waals surface area contributed by atoms with Gasteiger partial charge in [-0.25, -0.2) is 4.68 Å². The van der Waals surface area contributed by atoms with Crippen LogP contribution < -0.4 is 0 Å². The summed E-state index contributed by atoms with van der Waals surface area (Å²) in [6.07, 6.45) is 3.63. The van der Waals surface area contributed by atoms with E-state index in [-0.39, 0.29) is 0 Å². The fourth-order valence-electron chi connectivity index (χ4n) is 2.12. The van der Waals surface area contributed by atoms with Crippen molar-refractivity contribution in [2.45, 2.75) is 13.3 Å². The third kappa shape index (κ3) is 2.71. The Kier molecular flexibility index (Phi) is 4.03. The Morgan fingerprint density at radius 1 is 1.29 bits per heavy atom. The van der Waals surface area contributed by atoms with Crippen molar-refractivity contribution in [2.24, 2.45) is 0 Å². The van der Waals surface area contributed by atoms with Crippen molar-refractivity contribution in [3.8, 4) is 16.3 Å². The van der Waals surface area contributed by atoms with Crippen LogP contribution in [0, 0.1) is 0 Å². The molecule has 0 unspecified atom stereocenters. The molecule has 3 aromatic rings. The molecule has 2 aromatic heterocycles. The Morgan fingerprint density at radius 2 is 2.10 bits per heavy atom. The quantitative estimate of drug-likeness (QED) is 0.629. The molecule has 3 rings (SSSR count). The van der Waals surface area contributed by atoms with Gasteiger partial charge in [-0.05, 0) is 46.6 Å². The van der Waals surface area contributed by atoms with Crippen molar-refractivity contribution < 1.29 is 4.79 Å². The van der Waals surface area contributed by atoms with Crippen LogP contribution in [0.25, 0.3) is 16.3 Å². The van der Waals surface area contributed by atoms with Gasteiger partial charge in [0.05, 0.1) is 16.1 Å². The van der Waals surface area contributed by atoms with Crippen LogP contribution in [0.4, 0.5) is 0 Å². The Morgan fingerprint density at radius 3 is 2.76 bits per heavy atom. The van der Waals surface area contributed by atoms with Crippen LogP contribution in [-0.4, -0.2) is 16.1 Å². The van der Waals surface area contributed by atoms with E-state index in [9.17, 15) is 4.79 Å². The average Bonchev–Trinajstić information content (AvgIpc) is 3.13. The molecule has 3 nitrogen and oxygen atoms in total. The topological polar surface area (TPSA) is 34.9 Å². The van der Waals surface area contributed by atoms with Gasteiger partial charge < -0.3 is 0 Å². The number of aldehydes is 1. The largest absolute Gasteiger partial charge is 0.298 e. The van der Waals surface area contributed by atoms with E-state index >= 15 is 0 Å². The highest BCUT2D eigenvalue weighted by Gasteiger charge is 2.14. The summed E-state index contributed by atoms with van der Waals surface area (Å²) in [6.45, 7) is 2.12. The van der Waals surface area contributed by atoms with Crippen LogP contribution in [0.2, 0.25) is 0 Å². The third-order valence-electron chi connectivity index (χ3n) is 3.21. The molecule has 2 heterocycles. The number of carbonyl (C=O) groups excluding carboxylic acids is 1. The molecule has 21 heavy (non-hydrogen) atoms. The molecule has 106 valence electrons. The number of aryl methyl sites for hydroxylation is 1. The highest BCUT2D eigenvalue weighted by molar-refractivity contribution is 9.10. The first kappa shape index (κ1) is 14.2. The Bertz CT molecular complexity index is 791. The molecule has 0 fully saturated rings. The van der Waals surface area contributed by atoms with Gasteiger partial charge >= 0.3 is 0 Å². The first-order valence-corrected chi connectivity index (χ1v) is 8.22. The number of rotatable bonds is 4. The van der Waals surface area contributed by atoms with Crippen molar-refractivity contribution in [1.82, 2.24) is 9.78 Å². The summed E-state index contributed by atoms with van der Waals surface area (Å²) < 4.78 is 2.69. The normalized spacial score (nSPS) is 10.8. The zero-order valence-electron chi connectivity index (χ0n) is 11.4. The van der Waals surface area contributed by atoms with E-state index in [0.29, 0.717) is 5.56 Å². The van der Waals surface area contributed by atoms with E-state index < -0.39 is 0 Å². The maximum atomic E-state index is 11.3. The predicted molar refractivity (Wildman–Crippen MR) is 89.3 cm³/mol. The molecule has 0 N–H and O–H groups in total. The minimum absolute atomic E-state index is 0.607. The fourth-order valence-corrected chi connectivity index (χ4v) is 3.54. The number of para-hydroxylation sites is 1. The lowest BCUT2D eigenvalue weighted by Gasteiger charge is -2.03. The highest BCUT2D eigenvalue weighted by Crippen LogP contribution is 2.30. The Balaban J connectivity index is 2.10. The number of thiophene rings is 1. The summed E-state index contributed by atoms with van der Waals surface area (Å²) in [4.78, 5) is 13.7. The molecule has 0 amide bonds. The van der Waals surface area contributed by atoms with Crippen LogP contribution >= 0.6 is 27.3 Å². The first-order chi connectivity index (χ1) is 10.2. The molecule has 0 aliphatic rings.